The standard InChI is InChI=1S/C37H45F/c1-3-5-7-8-9-11-30-14-18-32(19-15-30)22-24-34-25-26-35-28-33(23-27-36(35)37(34)38)21-20-31-16-12-29(13-17-31)10-6-4-2/h4,12-13,16-17,23,25-28,30,32H,2-3,5-11,14-15,18-19,22,24H2,1H3. The van der Waals surface area contributed by atoms with Crippen LogP contribution in [0.1, 0.15) is 106 Å². The molecule has 0 aliphatic heterocycles. The third-order valence-electron chi connectivity index (χ3n) is 8.48. The maximum absolute atomic E-state index is 15.4. The maximum atomic E-state index is 15.4. The van der Waals surface area contributed by atoms with E-state index in [9.17, 15) is 0 Å². The van der Waals surface area contributed by atoms with Gasteiger partial charge in [0, 0.05) is 16.5 Å². The molecule has 0 unspecified atom stereocenters. The fourth-order valence-corrected chi connectivity index (χ4v) is 5.98. The largest absolute Gasteiger partial charge is 0.206 e. The van der Waals surface area contributed by atoms with Crippen LogP contribution in [0.3, 0.4) is 0 Å². The second-order valence-corrected chi connectivity index (χ2v) is 11.4. The van der Waals surface area contributed by atoms with E-state index in [1.165, 1.54) is 69.8 Å². The predicted molar refractivity (Wildman–Crippen MR) is 162 cm³/mol. The van der Waals surface area contributed by atoms with E-state index in [-0.39, 0.29) is 5.82 Å². The van der Waals surface area contributed by atoms with Crippen LogP contribution in [0.15, 0.2) is 67.3 Å². The van der Waals surface area contributed by atoms with Gasteiger partial charge in [0.2, 0.25) is 0 Å². The van der Waals surface area contributed by atoms with Gasteiger partial charge in [0.25, 0.3) is 0 Å². The minimum atomic E-state index is -0.0436. The normalized spacial score (nSPS) is 17.2. The van der Waals surface area contributed by atoms with Crippen molar-refractivity contribution in [1.29, 1.82) is 0 Å². The lowest BCUT2D eigenvalue weighted by Gasteiger charge is -2.28. The molecule has 0 nitrogen and oxygen atoms in total. The van der Waals surface area contributed by atoms with E-state index < -0.39 is 0 Å². The number of benzene rings is 3. The van der Waals surface area contributed by atoms with Gasteiger partial charge in [-0.05, 0) is 78.3 Å². The number of unbranched alkanes of at least 4 members (excludes halogenated alkanes) is 4. The van der Waals surface area contributed by atoms with Crippen molar-refractivity contribution in [3.05, 3.63) is 95.3 Å². The lowest BCUT2D eigenvalue weighted by Crippen LogP contribution is -2.15. The minimum Gasteiger partial charge on any atom is -0.206 e. The molecular weight excluding hydrogens is 463 g/mol. The van der Waals surface area contributed by atoms with Crippen LogP contribution in [0.5, 0.6) is 0 Å². The van der Waals surface area contributed by atoms with Crippen LogP contribution in [0.2, 0.25) is 0 Å². The van der Waals surface area contributed by atoms with Crippen LogP contribution < -0.4 is 0 Å². The zero-order chi connectivity index (χ0) is 26.6. The fraction of sp³-hybridized carbons (Fsp3) is 0.459. The number of allylic oxidation sites excluding steroid dienone is 1. The zero-order valence-corrected chi connectivity index (χ0v) is 23.4. The number of fused-ring (bicyclic) bond motifs is 1. The number of hydrogen-bond acceptors (Lipinski definition) is 0. The summed E-state index contributed by atoms with van der Waals surface area (Å²) in [7, 11) is 0. The molecule has 1 heteroatoms. The highest BCUT2D eigenvalue weighted by Crippen LogP contribution is 2.35. The molecule has 3 aromatic rings. The first-order valence-electron chi connectivity index (χ1n) is 15.1. The Morgan fingerprint density at radius 3 is 2.21 bits per heavy atom. The van der Waals surface area contributed by atoms with Crippen LogP contribution in [0.25, 0.3) is 10.8 Å². The number of rotatable bonds is 12. The van der Waals surface area contributed by atoms with Crippen LogP contribution in [-0.4, -0.2) is 0 Å². The van der Waals surface area contributed by atoms with Gasteiger partial charge in [-0.15, -0.1) is 6.58 Å². The Morgan fingerprint density at radius 1 is 0.789 bits per heavy atom. The molecule has 0 bridgehead atoms. The molecule has 0 spiro atoms. The monoisotopic (exact) mass is 508 g/mol. The first kappa shape index (κ1) is 28.2. The van der Waals surface area contributed by atoms with E-state index in [1.54, 1.807) is 0 Å². The molecule has 4 rings (SSSR count). The number of aryl methyl sites for hydroxylation is 2. The van der Waals surface area contributed by atoms with Crippen molar-refractivity contribution in [2.45, 2.75) is 96.8 Å². The van der Waals surface area contributed by atoms with Gasteiger partial charge in [0.15, 0.2) is 0 Å². The molecule has 1 saturated carbocycles. The lowest BCUT2D eigenvalue weighted by atomic mass is 9.77. The molecule has 0 atom stereocenters. The highest BCUT2D eigenvalue weighted by Gasteiger charge is 2.21. The second kappa shape index (κ2) is 14.9. The molecule has 0 radical (unpaired) electrons. The van der Waals surface area contributed by atoms with Crippen molar-refractivity contribution >= 4 is 10.8 Å². The quantitative estimate of drug-likeness (QED) is 0.130. The number of halogens is 1. The molecule has 0 amide bonds. The van der Waals surface area contributed by atoms with Crippen molar-refractivity contribution in [2.24, 2.45) is 11.8 Å². The summed E-state index contributed by atoms with van der Waals surface area (Å²) < 4.78 is 15.4. The van der Waals surface area contributed by atoms with E-state index in [2.05, 4.69) is 55.7 Å². The van der Waals surface area contributed by atoms with Crippen molar-refractivity contribution in [2.75, 3.05) is 0 Å². The van der Waals surface area contributed by atoms with E-state index in [0.29, 0.717) is 5.39 Å². The fourth-order valence-electron chi connectivity index (χ4n) is 5.98. The van der Waals surface area contributed by atoms with E-state index in [0.717, 1.165) is 59.6 Å². The van der Waals surface area contributed by atoms with Gasteiger partial charge >= 0.3 is 0 Å². The molecule has 3 aromatic carbocycles. The van der Waals surface area contributed by atoms with E-state index in [1.807, 2.05) is 30.3 Å². The molecule has 0 aromatic heterocycles. The summed E-state index contributed by atoms with van der Waals surface area (Å²) in [5, 5.41) is 1.64. The summed E-state index contributed by atoms with van der Waals surface area (Å²) >= 11 is 0. The van der Waals surface area contributed by atoms with Crippen molar-refractivity contribution in [3.8, 4) is 11.8 Å². The minimum absolute atomic E-state index is 0.0436. The third-order valence-corrected chi connectivity index (χ3v) is 8.48. The maximum Gasteiger partial charge on any atom is 0.134 e. The Morgan fingerprint density at radius 2 is 1.47 bits per heavy atom. The molecule has 1 fully saturated rings. The molecular formula is C37H45F. The Labute approximate surface area is 230 Å². The van der Waals surface area contributed by atoms with Crippen LogP contribution in [-0.2, 0) is 12.8 Å². The Hall–Kier alpha value is -2.85. The molecule has 1 aliphatic rings. The molecule has 38 heavy (non-hydrogen) atoms. The average molecular weight is 509 g/mol. The van der Waals surface area contributed by atoms with E-state index in [4.69, 9.17) is 0 Å². The molecule has 1 aliphatic carbocycles. The van der Waals surface area contributed by atoms with Crippen molar-refractivity contribution in [3.63, 3.8) is 0 Å². The summed E-state index contributed by atoms with van der Waals surface area (Å²) in [4.78, 5) is 0. The highest BCUT2D eigenvalue weighted by atomic mass is 19.1. The van der Waals surface area contributed by atoms with Gasteiger partial charge in [-0.2, -0.15) is 0 Å². The van der Waals surface area contributed by atoms with Crippen molar-refractivity contribution < 1.29 is 4.39 Å². The molecule has 0 N–H and O–H groups in total. The number of hydrogen-bond donors (Lipinski definition) is 0. The first-order chi connectivity index (χ1) is 18.7. The van der Waals surface area contributed by atoms with Crippen molar-refractivity contribution in [1.82, 2.24) is 0 Å². The van der Waals surface area contributed by atoms with Gasteiger partial charge in [-0.3, -0.25) is 0 Å². The summed E-state index contributed by atoms with van der Waals surface area (Å²) in [6.45, 7) is 6.07. The lowest BCUT2D eigenvalue weighted by molar-refractivity contribution is 0.248. The van der Waals surface area contributed by atoms with Gasteiger partial charge in [0.1, 0.15) is 5.82 Å². The SMILES string of the molecule is C=CCCc1ccc(C#Cc2ccc3c(F)c(CCC4CCC(CCCCCCC)CC4)ccc3c2)cc1. The predicted octanol–water partition coefficient (Wildman–Crippen LogP) is 10.6. The molecule has 200 valence electrons. The zero-order valence-electron chi connectivity index (χ0n) is 23.4. The third kappa shape index (κ3) is 8.33. The summed E-state index contributed by atoms with van der Waals surface area (Å²) in [6.07, 6.45) is 19.7. The smallest absolute Gasteiger partial charge is 0.134 e. The van der Waals surface area contributed by atoms with Crippen LogP contribution in [0, 0.1) is 29.5 Å². The Balaban J connectivity index is 1.28. The van der Waals surface area contributed by atoms with Crippen LogP contribution >= 0.6 is 0 Å². The average Bonchev–Trinajstić information content (AvgIpc) is 2.95. The summed E-state index contributed by atoms with van der Waals surface area (Å²) in [5.41, 5.74) is 4.08. The van der Waals surface area contributed by atoms with Gasteiger partial charge in [-0.25, -0.2) is 4.39 Å². The topological polar surface area (TPSA) is 0 Å². The summed E-state index contributed by atoms with van der Waals surface area (Å²) in [6, 6.07) is 18.3. The van der Waals surface area contributed by atoms with Gasteiger partial charge < -0.3 is 0 Å². The van der Waals surface area contributed by atoms with Crippen LogP contribution in [0.4, 0.5) is 4.39 Å². The molecule has 0 saturated heterocycles. The van der Waals surface area contributed by atoms with E-state index >= 15 is 4.39 Å². The summed E-state index contributed by atoms with van der Waals surface area (Å²) in [5.74, 6) is 8.15. The highest BCUT2D eigenvalue weighted by molar-refractivity contribution is 5.85. The Kier molecular flexibility index (Phi) is 11.1. The van der Waals surface area contributed by atoms with Gasteiger partial charge in [-0.1, -0.05) is 119 Å². The second-order valence-electron chi connectivity index (χ2n) is 11.4. The Bertz CT molecular complexity index is 1220. The first-order valence-corrected chi connectivity index (χ1v) is 15.1. The van der Waals surface area contributed by atoms with Gasteiger partial charge in [0.05, 0.1) is 0 Å². The molecule has 0 heterocycles.